The molecule has 0 radical (unpaired) electrons. The summed E-state index contributed by atoms with van der Waals surface area (Å²) in [4.78, 5) is 0. The highest BCUT2D eigenvalue weighted by Gasteiger charge is 2.74. The van der Waals surface area contributed by atoms with Crippen molar-refractivity contribution in [3.8, 4) is 16.9 Å². The van der Waals surface area contributed by atoms with E-state index in [9.17, 15) is 30.7 Å². The SMILES string of the molecule is Cc1cc(-c2cnn(-c3ccc(C(F)(C(F)(F)F)C(F)(F)F)n3C)c2)ccc1Cl. The standard InChI is InChI=1S/C18H13ClF7N3/c1-10-7-11(3-4-13(10)19)12-8-27-29(9-12)15-6-5-14(28(15)2)16(20,17(21,22)23)18(24,25)26/h3-9H,1-2H3. The van der Waals surface area contributed by atoms with Crippen LogP contribution in [0.1, 0.15) is 11.3 Å². The third kappa shape index (κ3) is 3.39. The third-order valence-electron chi connectivity index (χ3n) is 4.54. The van der Waals surface area contributed by atoms with Crippen molar-refractivity contribution in [2.24, 2.45) is 7.05 Å². The second kappa shape index (κ2) is 6.79. The normalized spacial score (nSPS) is 13.2. The number of rotatable bonds is 3. The molecule has 1 aromatic carbocycles. The van der Waals surface area contributed by atoms with Gasteiger partial charge >= 0.3 is 18.0 Å². The Morgan fingerprint density at radius 1 is 0.897 bits per heavy atom. The number of nitrogens with zero attached hydrogens (tertiary/aromatic N) is 3. The van der Waals surface area contributed by atoms with Gasteiger partial charge in [0.25, 0.3) is 0 Å². The summed E-state index contributed by atoms with van der Waals surface area (Å²) in [6.45, 7) is 1.77. The van der Waals surface area contributed by atoms with Crippen molar-refractivity contribution >= 4 is 11.6 Å². The van der Waals surface area contributed by atoms with E-state index in [1.165, 1.54) is 12.4 Å². The number of benzene rings is 1. The van der Waals surface area contributed by atoms with Gasteiger partial charge in [0, 0.05) is 23.8 Å². The van der Waals surface area contributed by atoms with Gasteiger partial charge in [0.05, 0.1) is 11.9 Å². The first-order valence-corrected chi connectivity index (χ1v) is 8.45. The van der Waals surface area contributed by atoms with E-state index in [2.05, 4.69) is 5.10 Å². The zero-order valence-corrected chi connectivity index (χ0v) is 15.7. The molecule has 0 N–H and O–H groups in total. The lowest BCUT2D eigenvalue weighted by Gasteiger charge is -2.30. The van der Waals surface area contributed by atoms with Crippen LogP contribution < -0.4 is 0 Å². The molecule has 11 heteroatoms. The van der Waals surface area contributed by atoms with Gasteiger partial charge in [0.15, 0.2) is 0 Å². The Labute approximate surface area is 165 Å². The molecule has 2 aromatic heterocycles. The van der Waals surface area contributed by atoms with Crippen molar-refractivity contribution in [3.63, 3.8) is 0 Å². The summed E-state index contributed by atoms with van der Waals surface area (Å²) >= 11 is 5.97. The molecule has 156 valence electrons. The number of alkyl halides is 7. The van der Waals surface area contributed by atoms with E-state index in [0.717, 1.165) is 23.4 Å². The van der Waals surface area contributed by atoms with Gasteiger partial charge in [-0.1, -0.05) is 17.7 Å². The predicted molar refractivity (Wildman–Crippen MR) is 92.6 cm³/mol. The van der Waals surface area contributed by atoms with Crippen molar-refractivity contribution in [2.75, 3.05) is 0 Å². The van der Waals surface area contributed by atoms with E-state index >= 15 is 0 Å². The van der Waals surface area contributed by atoms with Crippen molar-refractivity contribution in [2.45, 2.75) is 24.9 Å². The van der Waals surface area contributed by atoms with E-state index in [-0.39, 0.29) is 5.82 Å². The Kier molecular flexibility index (Phi) is 4.97. The van der Waals surface area contributed by atoms with Crippen LogP contribution in [0.4, 0.5) is 30.7 Å². The zero-order chi connectivity index (χ0) is 21.8. The molecular formula is C18H13ClF7N3. The van der Waals surface area contributed by atoms with E-state index < -0.39 is 23.7 Å². The van der Waals surface area contributed by atoms with Gasteiger partial charge in [-0.25, -0.2) is 9.07 Å². The molecule has 0 saturated heterocycles. The van der Waals surface area contributed by atoms with E-state index in [4.69, 9.17) is 11.6 Å². The smallest absolute Gasteiger partial charge is 0.329 e. The maximum Gasteiger partial charge on any atom is 0.437 e. The highest BCUT2D eigenvalue weighted by molar-refractivity contribution is 6.31. The molecular weight excluding hydrogens is 427 g/mol. The molecule has 0 saturated carbocycles. The Balaban J connectivity index is 2.06. The lowest BCUT2D eigenvalue weighted by molar-refractivity contribution is -0.350. The van der Waals surface area contributed by atoms with Crippen molar-refractivity contribution in [1.82, 2.24) is 14.3 Å². The van der Waals surface area contributed by atoms with Gasteiger partial charge in [0.2, 0.25) is 0 Å². The van der Waals surface area contributed by atoms with Crippen molar-refractivity contribution in [1.29, 1.82) is 0 Å². The fraction of sp³-hybridized carbons (Fsp3) is 0.278. The summed E-state index contributed by atoms with van der Waals surface area (Å²) in [5.74, 6) is -0.174. The number of hydrogen-bond donors (Lipinski definition) is 0. The molecule has 29 heavy (non-hydrogen) atoms. The summed E-state index contributed by atoms with van der Waals surface area (Å²) in [6, 6.07) is 6.47. The highest BCUT2D eigenvalue weighted by Crippen LogP contribution is 2.53. The second-order valence-corrected chi connectivity index (χ2v) is 6.83. The van der Waals surface area contributed by atoms with Crippen LogP contribution >= 0.6 is 11.6 Å². The van der Waals surface area contributed by atoms with Gasteiger partial charge in [0.1, 0.15) is 5.82 Å². The lowest BCUT2D eigenvalue weighted by atomic mass is 10.0. The Morgan fingerprint density at radius 3 is 2.07 bits per heavy atom. The summed E-state index contributed by atoms with van der Waals surface area (Å²) < 4.78 is 94.1. The first-order valence-electron chi connectivity index (χ1n) is 8.07. The fourth-order valence-corrected chi connectivity index (χ4v) is 3.07. The van der Waals surface area contributed by atoms with Crippen LogP contribution in [0.2, 0.25) is 5.02 Å². The average Bonchev–Trinajstić information content (AvgIpc) is 3.21. The largest absolute Gasteiger partial charge is 0.437 e. The topological polar surface area (TPSA) is 22.8 Å². The van der Waals surface area contributed by atoms with Crippen LogP contribution in [0.3, 0.4) is 0 Å². The summed E-state index contributed by atoms with van der Waals surface area (Å²) in [6.07, 6.45) is -9.59. The fourth-order valence-electron chi connectivity index (χ4n) is 2.95. The lowest BCUT2D eigenvalue weighted by Crippen LogP contribution is -2.51. The molecule has 0 fully saturated rings. The molecule has 0 unspecified atom stereocenters. The Morgan fingerprint density at radius 2 is 1.52 bits per heavy atom. The van der Waals surface area contributed by atoms with Crippen LogP contribution in [0, 0.1) is 6.92 Å². The van der Waals surface area contributed by atoms with Crippen LogP contribution in [-0.4, -0.2) is 26.7 Å². The zero-order valence-electron chi connectivity index (χ0n) is 14.9. The van der Waals surface area contributed by atoms with Gasteiger partial charge in [-0.05, 0) is 42.3 Å². The van der Waals surface area contributed by atoms with Crippen molar-refractivity contribution < 1.29 is 30.7 Å². The monoisotopic (exact) mass is 439 g/mol. The molecule has 0 bridgehead atoms. The number of hydrogen-bond acceptors (Lipinski definition) is 1. The maximum atomic E-state index is 14.4. The number of aryl methyl sites for hydroxylation is 1. The molecule has 0 aliphatic rings. The second-order valence-electron chi connectivity index (χ2n) is 6.43. The van der Waals surface area contributed by atoms with Gasteiger partial charge in [-0.2, -0.15) is 31.4 Å². The minimum atomic E-state index is -6.19. The van der Waals surface area contributed by atoms with Gasteiger partial charge < -0.3 is 4.57 Å². The minimum absolute atomic E-state index is 0.174. The molecule has 3 rings (SSSR count). The van der Waals surface area contributed by atoms with Crippen LogP contribution in [-0.2, 0) is 12.7 Å². The first kappa shape index (κ1) is 21.2. The molecule has 0 atom stereocenters. The summed E-state index contributed by atoms with van der Waals surface area (Å²) in [7, 11) is 0.907. The number of aromatic nitrogens is 3. The molecule has 0 amide bonds. The maximum absolute atomic E-state index is 14.4. The first-order chi connectivity index (χ1) is 13.3. The Hall–Kier alpha value is -2.49. The molecule has 3 nitrogen and oxygen atoms in total. The predicted octanol–water partition coefficient (Wildman–Crippen LogP) is 6.13. The van der Waals surface area contributed by atoms with E-state index in [1.54, 1.807) is 25.1 Å². The van der Waals surface area contributed by atoms with Crippen LogP contribution in [0.15, 0.2) is 42.7 Å². The summed E-state index contributed by atoms with van der Waals surface area (Å²) in [5, 5.41) is 4.51. The quantitative estimate of drug-likeness (QED) is 0.450. The van der Waals surface area contributed by atoms with E-state index in [0.29, 0.717) is 26.8 Å². The molecule has 0 spiro atoms. The Bertz CT molecular complexity index is 1030. The number of halogens is 8. The third-order valence-corrected chi connectivity index (χ3v) is 4.96. The molecule has 3 aromatic rings. The van der Waals surface area contributed by atoms with Gasteiger partial charge in [-0.3, -0.25) is 0 Å². The molecule has 2 heterocycles. The minimum Gasteiger partial charge on any atom is -0.329 e. The van der Waals surface area contributed by atoms with Crippen LogP contribution in [0.25, 0.3) is 16.9 Å². The molecule has 0 aliphatic carbocycles. The van der Waals surface area contributed by atoms with Crippen LogP contribution in [0.5, 0.6) is 0 Å². The highest BCUT2D eigenvalue weighted by atomic mass is 35.5. The molecule has 0 aliphatic heterocycles. The average molecular weight is 440 g/mol. The van der Waals surface area contributed by atoms with Crippen molar-refractivity contribution in [3.05, 3.63) is 59.0 Å². The van der Waals surface area contributed by atoms with E-state index in [1.807, 2.05) is 0 Å². The van der Waals surface area contributed by atoms with Gasteiger partial charge in [-0.15, -0.1) is 0 Å². The summed E-state index contributed by atoms with van der Waals surface area (Å²) in [5.41, 5.74) is -5.10.